The van der Waals surface area contributed by atoms with E-state index in [1.54, 1.807) is 7.11 Å². The molecule has 5 atom stereocenters. The number of likely N-dealkylation sites (tertiary alicyclic amines) is 1. The van der Waals surface area contributed by atoms with Crippen molar-refractivity contribution in [3.8, 4) is 5.75 Å². The van der Waals surface area contributed by atoms with E-state index < -0.39 is 0 Å². The summed E-state index contributed by atoms with van der Waals surface area (Å²) in [6, 6.07) is 18.5. The van der Waals surface area contributed by atoms with Crippen LogP contribution in [0.2, 0.25) is 0 Å². The summed E-state index contributed by atoms with van der Waals surface area (Å²) in [5.41, 5.74) is 2.31. The number of likely N-dealkylation sites (N-methyl/N-ethyl adjacent to an activating group) is 1. The summed E-state index contributed by atoms with van der Waals surface area (Å²) in [5.74, 6) is 1.69. The van der Waals surface area contributed by atoms with Crippen molar-refractivity contribution in [2.45, 2.75) is 64.5 Å². The number of rotatable bonds is 11. The minimum Gasteiger partial charge on any atom is -0.497 e. The molecule has 38 heavy (non-hydrogen) atoms. The van der Waals surface area contributed by atoms with Crippen LogP contribution in [0.1, 0.15) is 50.8 Å². The Morgan fingerprint density at radius 1 is 1.08 bits per heavy atom. The third-order valence-electron chi connectivity index (χ3n) is 7.70. The summed E-state index contributed by atoms with van der Waals surface area (Å²) in [6.45, 7) is 10.2. The Morgan fingerprint density at radius 2 is 1.79 bits per heavy atom. The Hall–Kier alpha value is -2.61. The largest absolute Gasteiger partial charge is 0.497 e. The van der Waals surface area contributed by atoms with Crippen LogP contribution in [0.15, 0.2) is 54.6 Å². The van der Waals surface area contributed by atoms with Gasteiger partial charge in [-0.25, -0.2) is 4.79 Å². The second-order valence-corrected chi connectivity index (χ2v) is 11.3. The van der Waals surface area contributed by atoms with Crippen LogP contribution in [0, 0.1) is 11.8 Å². The van der Waals surface area contributed by atoms with Gasteiger partial charge >= 0.3 is 6.03 Å². The first kappa shape index (κ1) is 28.4. The van der Waals surface area contributed by atoms with E-state index in [4.69, 9.17) is 14.2 Å². The van der Waals surface area contributed by atoms with E-state index in [9.17, 15) is 4.79 Å². The lowest BCUT2D eigenvalue weighted by molar-refractivity contribution is -0.0236. The molecule has 2 heterocycles. The van der Waals surface area contributed by atoms with Gasteiger partial charge in [-0.2, -0.15) is 0 Å². The summed E-state index contributed by atoms with van der Waals surface area (Å²) in [5, 5.41) is 3.09. The zero-order valence-corrected chi connectivity index (χ0v) is 23.6. The zero-order chi connectivity index (χ0) is 27.1. The van der Waals surface area contributed by atoms with Crippen molar-refractivity contribution < 1.29 is 19.0 Å². The molecule has 0 aromatic heterocycles. The molecule has 2 aliphatic rings. The highest BCUT2D eigenvalue weighted by molar-refractivity contribution is 5.74. The van der Waals surface area contributed by atoms with Gasteiger partial charge in [-0.1, -0.05) is 63.2 Å². The summed E-state index contributed by atoms with van der Waals surface area (Å²) in [6.07, 6.45) is 2.26. The Morgan fingerprint density at radius 3 is 2.47 bits per heavy atom. The number of carbonyl (C=O) groups excluding carboxylic acids is 1. The van der Waals surface area contributed by atoms with Crippen molar-refractivity contribution >= 4 is 6.03 Å². The highest BCUT2D eigenvalue weighted by Gasteiger charge is 2.44. The number of ether oxygens (including phenoxy) is 3. The molecular formula is C31H45N3O4. The highest BCUT2D eigenvalue weighted by Crippen LogP contribution is 2.43. The maximum atomic E-state index is 13.1. The second-order valence-electron chi connectivity index (χ2n) is 11.3. The maximum absolute atomic E-state index is 13.1. The van der Waals surface area contributed by atoms with Crippen molar-refractivity contribution in [2.24, 2.45) is 11.8 Å². The fourth-order valence-electron chi connectivity index (χ4n) is 5.47. The van der Waals surface area contributed by atoms with Gasteiger partial charge in [-0.3, -0.25) is 0 Å². The Labute approximate surface area is 228 Å². The summed E-state index contributed by atoms with van der Waals surface area (Å²) in [7, 11) is 3.85. The molecule has 0 saturated carbocycles. The average molecular weight is 524 g/mol. The molecule has 7 nitrogen and oxygen atoms in total. The zero-order valence-electron chi connectivity index (χ0n) is 23.6. The van der Waals surface area contributed by atoms with E-state index in [0.717, 1.165) is 37.3 Å². The predicted molar refractivity (Wildman–Crippen MR) is 150 cm³/mol. The first-order valence-electron chi connectivity index (χ1n) is 14.0. The molecule has 4 rings (SSSR count). The van der Waals surface area contributed by atoms with Gasteiger partial charge in [-0.15, -0.1) is 0 Å². The number of nitrogens with one attached hydrogen (secondary N) is 1. The average Bonchev–Trinajstić information content (AvgIpc) is 3.75. The lowest BCUT2D eigenvalue weighted by Gasteiger charge is -2.35. The van der Waals surface area contributed by atoms with E-state index >= 15 is 0 Å². The SMILES string of the molecule is COc1ccc(CNC(=O)N2CC[C@H](OCC(C)C)[C@@H](N(C)C[C@H](C)[C@H]3O[C@@H]3c3ccccc3)CC2)cc1. The topological polar surface area (TPSA) is 66.6 Å². The molecule has 2 fully saturated rings. The maximum Gasteiger partial charge on any atom is 0.317 e. The number of urea groups is 1. The number of hydrogen-bond acceptors (Lipinski definition) is 5. The van der Waals surface area contributed by atoms with Gasteiger partial charge in [0.1, 0.15) is 11.9 Å². The number of methoxy groups -OCH3 is 1. The molecule has 2 aromatic rings. The van der Waals surface area contributed by atoms with Crippen LogP contribution in [0.25, 0.3) is 0 Å². The highest BCUT2D eigenvalue weighted by atomic mass is 16.6. The number of benzene rings is 2. The van der Waals surface area contributed by atoms with Crippen LogP contribution in [-0.4, -0.2) is 74.5 Å². The Balaban J connectivity index is 1.33. The van der Waals surface area contributed by atoms with E-state index in [0.29, 0.717) is 31.5 Å². The lowest BCUT2D eigenvalue weighted by atomic mass is 9.98. The number of nitrogens with zero attached hydrogens (tertiary/aromatic N) is 2. The standard InChI is InChI=1S/C31H45N3O4/c1-22(2)21-37-28-16-18-34(31(35)32-19-24-11-13-26(36-5)14-12-24)17-15-27(28)33(4)20-23(3)29-30(38-29)25-9-7-6-8-10-25/h6-14,22-23,27-30H,15-21H2,1-5H3,(H,32,35)/t23-,27-,28-,29+,30+/m0/s1. The van der Waals surface area contributed by atoms with Crippen molar-refractivity contribution in [3.05, 3.63) is 65.7 Å². The first-order chi connectivity index (χ1) is 18.4. The Bertz CT molecular complexity index is 1000. The third kappa shape index (κ3) is 7.71. The summed E-state index contributed by atoms with van der Waals surface area (Å²) < 4.78 is 17.7. The van der Waals surface area contributed by atoms with E-state index in [1.165, 1.54) is 5.56 Å². The quantitative estimate of drug-likeness (QED) is 0.414. The minimum absolute atomic E-state index is 0.0165. The van der Waals surface area contributed by atoms with Crippen LogP contribution in [0.4, 0.5) is 4.79 Å². The fraction of sp³-hybridized carbons (Fsp3) is 0.581. The van der Waals surface area contributed by atoms with Crippen LogP contribution in [0.5, 0.6) is 5.75 Å². The molecule has 0 unspecified atom stereocenters. The fourth-order valence-corrected chi connectivity index (χ4v) is 5.47. The third-order valence-corrected chi connectivity index (χ3v) is 7.70. The van der Waals surface area contributed by atoms with Crippen molar-refractivity contribution in [2.75, 3.05) is 40.4 Å². The number of epoxide rings is 1. The lowest BCUT2D eigenvalue weighted by Crippen LogP contribution is -2.45. The van der Waals surface area contributed by atoms with Gasteiger partial charge in [0.2, 0.25) is 0 Å². The second kappa shape index (κ2) is 13.5. The molecule has 2 aromatic carbocycles. The number of hydrogen-bond donors (Lipinski definition) is 1. The summed E-state index contributed by atoms with van der Waals surface area (Å²) in [4.78, 5) is 17.5. The van der Waals surface area contributed by atoms with E-state index in [1.807, 2.05) is 35.2 Å². The Kier molecular flexibility index (Phi) is 10.1. The van der Waals surface area contributed by atoms with Gasteiger partial charge < -0.3 is 29.3 Å². The van der Waals surface area contributed by atoms with Gasteiger partial charge in [0, 0.05) is 38.8 Å². The van der Waals surface area contributed by atoms with Crippen molar-refractivity contribution in [1.29, 1.82) is 0 Å². The molecule has 2 amide bonds. The van der Waals surface area contributed by atoms with Crippen LogP contribution >= 0.6 is 0 Å². The first-order valence-corrected chi connectivity index (χ1v) is 14.0. The predicted octanol–water partition coefficient (Wildman–Crippen LogP) is 5.12. The number of amides is 2. The molecular weight excluding hydrogens is 478 g/mol. The van der Waals surface area contributed by atoms with Gasteiger partial charge in [0.05, 0.1) is 19.3 Å². The van der Waals surface area contributed by atoms with Gasteiger partial charge in [0.15, 0.2) is 0 Å². The molecule has 0 bridgehead atoms. The molecule has 0 radical (unpaired) electrons. The molecule has 0 spiro atoms. The smallest absolute Gasteiger partial charge is 0.317 e. The van der Waals surface area contributed by atoms with Crippen LogP contribution < -0.4 is 10.1 Å². The van der Waals surface area contributed by atoms with Crippen LogP contribution in [-0.2, 0) is 16.0 Å². The number of carbonyl (C=O) groups is 1. The molecule has 1 N–H and O–H groups in total. The van der Waals surface area contributed by atoms with Crippen LogP contribution in [0.3, 0.4) is 0 Å². The summed E-state index contributed by atoms with van der Waals surface area (Å²) >= 11 is 0. The molecule has 7 heteroatoms. The molecule has 2 saturated heterocycles. The molecule has 2 aliphatic heterocycles. The van der Waals surface area contributed by atoms with Crippen molar-refractivity contribution in [1.82, 2.24) is 15.1 Å². The molecule has 0 aliphatic carbocycles. The van der Waals surface area contributed by atoms with E-state index in [-0.39, 0.29) is 30.4 Å². The van der Waals surface area contributed by atoms with E-state index in [2.05, 4.69) is 62.3 Å². The molecule has 208 valence electrons. The minimum atomic E-state index is -0.0165. The van der Waals surface area contributed by atoms with Crippen molar-refractivity contribution in [3.63, 3.8) is 0 Å². The monoisotopic (exact) mass is 523 g/mol. The van der Waals surface area contributed by atoms with Gasteiger partial charge in [-0.05, 0) is 55.0 Å². The van der Waals surface area contributed by atoms with Gasteiger partial charge in [0.25, 0.3) is 0 Å². The normalized spacial score (nSPS) is 24.2.